The SMILES string of the molecule is C=CCn1c(SCC(=O)N[C@@H](C)CC)nnc1-c1ccc(C(C)(C)C)cc1. The second-order valence-corrected chi connectivity index (χ2v) is 8.64. The van der Waals surface area contributed by atoms with Gasteiger partial charge in [0.05, 0.1) is 5.75 Å². The van der Waals surface area contributed by atoms with E-state index in [2.05, 4.69) is 74.1 Å². The van der Waals surface area contributed by atoms with E-state index in [9.17, 15) is 4.79 Å². The first-order valence-corrected chi connectivity index (χ1v) is 10.3. The zero-order chi connectivity index (χ0) is 20.0. The number of hydrogen-bond acceptors (Lipinski definition) is 4. The zero-order valence-corrected chi connectivity index (χ0v) is 17.8. The van der Waals surface area contributed by atoms with Gasteiger partial charge in [-0.05, 0) is 24.3 Å². The van der Waals surface area contributed by atoms with Crippen LogP contribution in [0, 0.1) is 0 Å². The molecule has 1 heterocycles. The molecule has 0 spiro atoms. The van der Waals surface area contributed by atoms with Gasteiger partial charge in [0.2, 0.25) is 5.91 Å². The third kappa shape index (κ3) is 5.70. The van der Waals surface area contributed by atoms with Crippen LogP contribution in [0.3, 0.4) is 0 Å². The lowest BCUT2D eigenvalue weighted by atomic mass is 9.87. The van der Waals surface area contributed by atoms with Crippen molar-refractivity contribution in [2.24, 2.45) is 0 Å². The molecule has 0 radical (unpaired) electrons. The van der Waals surface area contributed by atoms with Gasteiger partial charge in [-0.1, -0.05) is 69.8 Å². The summed E-state index contributed by atoms with van der Waals surface area (Å²) in [5, 5.41) is 12.4. The number of hydrogen-bond donors (Lipinski definition) is 1. The average molecular weight is 387 g/mol. The topological polar surface area (TPSA) is 59.8 Å². The molecule has 0 saturated heterocycles. The van der Waals surface area contributed by atoms with Crippen LogP contribution in [0.25, 0.3) is 11.4 Å². The van der Waals surface area contributed by atoms with E-state index < -0.39 is 0 Å². The van der Waals surface area contributed by atoms with Crippen molar-refractivity contribution in [2.75, 3.05) is 5.75 Å². The monoisotopic (exact) mass is 386 g/mol. The molecule has 1 amide bonds. The molecule has 1 aromatic carbocycles. The minimum Gasteiger partial charge on any atom is -0.353 e. The van der Waals surface area contributed by atoms with Gasteiger partial charge in [-0.3, -0.25) is 9.36 Å². The fourth-order valence-electron chi connectivity index (χ4n) is 2.57. The summed E-state index contributed by atoms with van der Waals surface area (Å²) in [7, 11) is 0. The van der Waals surface area contributed by atoms with Crippen molar-refractivity contribution >= 4 is 17.7 Å². The summed E-state index contributed by atoms with van der Waals surface area (Å²) in [5.74, 6) is 1.13. The number of benzene rings is 1. The van der Waals surface area contributed by atoms with Gasteiger partial charge in [0, 0.05) is 18.2 Å². The van der Waals surface area contributed by atoms with E-state index in [1.54, 1.807) is 0 Å². The Morgan fingerprint density at radius 3 is 2.52 bits per heavy atom. The van der Waals surface area contributed by atoms with Crippen LogP contribution in [0.15, 0.2) is 42.1 Å². The highest BCUT2D eigenvalue weighted by Crippen LogP contribution is 2.27. The van der Waals surface area contributed by atoms with Crippen LogP contribution in [-0.2, 0) is 16.8 Å². The molecule has 1 aromatic heterocycles. The first-order chi connectivity index (χ1) is 12.8. The lowest BCUT2D eigenvalue weighted by molar-refractivity contribution is -0.119. The molecular weight excluding hydrogens is 356 g/mol. The fourth-order valence-corrected chi connectivity index (χ4v) is 3.33. The summed E-state index contributed by atoms with van der Waals surface area (Å²) < 4.78 is 2.00. The summed E-state index contributed by atoms with van der Waals surface area (Å²) in [6, 6.07) is 8.60. The molecule has 2 rings (SSSR count). The van der Waals surface area contributed by atoms with Crippen molar-refractivity contribution < 1.29 is 4.79 Å². The van der Waals surface area contributed by atoms with Crippen molar-refractivity contribution in [1.29, 1.82) is 0 Å². The Kier molecular flexibility index (Phi) is 7.25. The molecule has 0 aliphatic rings. The molecule has 146 valence electrons. The summed E-state index contributed by atoms with van der Waals surface area (Å²) in [6.45, 7) is 15.1. The molecule has 0 unspecified atom stereocenters. The van der Waals surface area contributed by atoms with E-state index >= 15 is 0 Å². The number of carbonyl (C=O) groups excluding carboxylic acids is 1. The van der Waals surface area contributed by atoms with Crippen LogP contribution < -0.4 is 5.32 Å². The summed E-state index contributed by atoms with van der Waals surface area (Å²) in [6.07, 6.45) is 2.73. The molecule has 2 aromatic rings. The molecule has 27 heavy (non-hydrogen) atoms. The second kappa shape index (κ2) is 9.22. The highest BCUT2D eigenvalue weighted by Gasteiger charge is 2.17. The Labute approximate surface area is 166 Å². The number of nitrogens with one attached hydrogen (secondary N) is 1. The third-order valence-corrected chi connectivity index (χ3v) is 5.36. The summed E-state index contributed by atoms with van der Waals surface area (Å²) >= 11 is 1.40. The number of allylic oxidation sites excluding steroid dienone is 1. The number of aromatic nitrogens is 3. The van der Waals surface area contributed by atoms with Crippen LogP contribution >= 0.6 is 11.8 Å². The Balaban J connectivity index is 2.19. The highest BCUT2D eigenvalue weighted by molar-refractivity contribution is 7.99. The van der Waals surface area contributed by atoms with Crippen molar-refractivity contribution in [2.45, 2.75) is 64.2 Å². The molecule has 1 N–H and O–H groups in total. The molecule has 0 bridgehead atoms. The number of nitrogens with zero attached hydrogens (tertiary/aromatic N) is 3. The molecule has 0 aliphatic carbocycles. The van der Waals surface area contributed by atoms with Crippen molar-refractivity contribution in [3.63, 3.8) is 0 Å². The number of carbonyl (C=O) groups is 1. The van der Waals surface area contributed by atoms with E-state index in [1.165, 1.54) is 17.3 Å². The van der Waals surface area contributed by atoms with Gasteiger partial charge in [-0.2, -0.15) is 0 Å². The van der Waals surface area contributed by atoms with Gasteiger partial charge in [0.25, 0.3) is 0 Å². The predicted octanol–water partition coefficient (Wildman–Crippen LogP) is 4.44. The van der Waals surface area contributed by atoms with Crippen LogP contribution in [0.2, 0.25) is 0 Å². The summed E-state index contributed by atoms with van der Waals surface area (Å²) in [4.78, 5) is 12.1. The normalized spacial score (nSPS) is 12.6. The molecule has 0 aliphatic heterocycles. The first kappa shape index (κ1) is 21.2. The lowest BCUT2D eigenvalue weighted by Gasteiger charge is -2.19. The van der Waals surface area contributed by atoms with Crippen LogP contribution in [0.5, 0.6) is 0 Å². The largest absolute Gasteiger partial charge is 0.353 e. The smallest absolute Gasteiger partial charge is 0.230 e. The van der Waals surface area contributed by atoms with Crippen LogP contribution in [-0.4, -0.2) is 32.5 Å². The Hall–Kier alpha value is -2.08. The van der Waals surface area contributed by atoms with Gasteiger partial charge < -0.3 is 5.32 Å². The van der Waals surface area contributed by atoms with Crippen LogP contribution in [0.1, 0.15) is 46.6 Å². The average Bonchev–Trinajstić information content (AvgIpc) is 3.02. The van der Waals surface area contributed by atoms with Gasteiger partial charge in [0.15, 0.2) is 11.0 Å². The second-order valence-electron chi connectivity index (χ2n) is 7.70. The van der Waals surface area contributed by atoms with Crippen molar-refractivity contribution in [3.05, 3.63) is 42.5 Å². The predicted molar refractivity (Wildman–Crippen MR) is 113 cm³/mol. The maximum Gasteiger partial charge on any atom is 0.230 e. The molecule has 1 atom stereocenters. The number of thioether (sulfide) groups is 1. The van der Waals surface area contributed by atoms with Gasteiger partial charge in [-0.15, -0.1) is 16.8 Å². The van der Waals surface area contributed by atoms with Crippen molar-refractivity contribution in [3.8, 4) is 11.4 Å². The van der Waals surface area contributed by atoms with E-state index in [1.807, 2.05) is 17.6 Å². The maximum absolute atomic E-state index is 12.1. The Morgan fingerprint density at radius 1 is 1.30 bits per heavy atom. The Bertz CT molecular complexity index is 774. The van der Waals surface area contributed by atoms with E-state index in [0.717, 1.165) is 23.0 Å². The standard InChI is InChI=1S/C21H30N4OS/c1-7-13-25-19(16-9-11-17(12-10-16)21(4,5)6)23-24-20(25)27-14-18(26)22-15(3)8-2/h7,9-12,15H,1,8,13-14H2,2-6H3,(H,22,26)/t15-/m0/s1. The highest BCUT2D eigenvalue weighted by atomic mass is 32.2. The van der Waals surface area contributed by atoms with Crippen molar-refractivity contribution in [1.82, 2.24) is 20.1 Å². The minimum absolute atomic E-state index is 0.0126. The van der Waals surface area contributed by atoms with Gasteiger partial charge in [0.1, 0.15) is 0 Å². The molecular formula is C21H30N4OS. The van der Waals surface area contributed by atoms with E-state index in [4.69, 9.17) is 0 Å². The third-order valence-electron chi connectivity index (χ3n) is 4.39. The molecule has 6 heteroatoms. The number of rotatable bonds is 8. The molecule has 5 nitrogen and oxygen atoms in total. The molecule has 0 saturated carbocycles. The Morgan fingerprint density at radius 2 is 1.96 bits per heavy atom. The van der Waals surface area contributed by atoms with E-state index in [0.29, 0.717) is 12.3 Å². The first-order valence-electron chi connectivity index (χ1n) is 9.33. The van der Waals surface area contributed by atoms with Crippen LogP contribution in [0.4, 0.5) is 0 Å². The lowest BCUT2D eigenvalue weighted by Crippen LogP contribution is -2.33. The quantitative estimate of drug-likeness (QED) is 0.538. The zero-order valence-electron chi connectivity index (χ0n) is 17.0. The van der Waals surface area contributed by atoms with E-state index in [-0.39, 0.29) is 17.4 Å². The fraction of sp³-hybridized carbons (Fsp3) is 0.476. The molecule has 0 fully saturated rings. The summed E-state index contributed by atoms with van der Waals surface area (Å²) in [5.41, 5.74) is 2.39. The van der Waals surface area contributed by atoms with Gasteiger partial charge >= 0.3 is 0 Å². The maximum atomic E-state index is 12.1. The number of amides is 1. The minimum atomic E-state index is 0.0126. The van der Waals surface area contributed by atoms with Gasteiger partial charge in [-0.25, -0.2) is 0 Å².